The third-order valence-electron chi connectivity index (χ3n) is 2.69. The summed E-state index contributed by atoms with van der Waals surface area (Å²) in [5.74, 6) is -0.152. The van der Waals surface area contributed by atoms with E-state index in [0.717, 1.165) is 17.4 Å². The highest BCUT2D eigenvalue weighted by Crippen LogP contribution is 2.20. The van der Waals surface area contributed by atoms with Crippen LogP contribution in [0, 0.1) is 5.82 Å². The molecule has 2 aromatic rings. The monoisotopic (exact) mass is 258 g/mol. The molecule has 2 aromatic carbocycles. The molecule has 0 aliphatic rings. The van der Waals surface area contributed by atoms with Crippen LogP contribution in [-0.2, 0) is 13.0 Å². The second-order valence-electron chi connectivity index (χ2n) is 4.13. The Hall–Kier alpha value is -2.29. The zero-order valence-corrected chi connectivity index (χ0v) is 10.4. The second-order valence-corrected chi connectivity index (χ2v) is 4.13. The maximum absolute atomic E-state index is 13.6. The minimum atomic E-state index is -0.382. The molecule has 0 amide bonds. The first-order valence-electron chi connectivity index (χ1n) is 6.04. The van der Waals surface area contributed by atoms with Gasteiger partial charge in [-0.15, -0.1) is 0 Å². The van der Waals surface area contributed by atoms with Gasteiger partial charge in [0.1, 0.15) is 6.61 Å². The molecule has 2 nitrogen and oxygen atoms in total. The molecule has 0 aliphatic carbocycles. The third kappa shape index (κ3) is 3.85. The van der Waals surface area contributed by atoms with Crippen LogP contribution < -0.4 is 4.74 Å². The summed E-state index contributed by atoms with van der Waals surface area (Å²) >= 11 is 0. The third-order valence-corrected chi connectivity index (χ3v) is 2.69. The van der Waals surface area contributed by atoms with Crippen molar-refractivity contribution < 1.29 is 14.2 Å². The van der Waals surface area contributed by atoms with E-state index in [4.69, 9.17) is 9.84 Å². The van der Waals surface area contributed by atoms with Gasteiger partial charge in [0.2, 0.25) is 0 Å². The van der Waals surface area contributed by atoms with E-state index in [1.54, 1.807) is 18.2 Å². The summed E-state index contributed by atoms with van der Waals surface area (Å²) < 4.78 is 19.1. The summed E-state index contributed by atoms with van der Waals surface area (Å²) in [7, 11) is 0. The minimum absolute atomic E-state index is 0.229. The van der Waals surface area contributed by atoms with Gasteiger partial charge < -0.3 is 9.84 Å². The van der Waals surface area contributed by atoms with Gasteiger partial charge >= 0.3 is 0 Å². The Labute approximate surface area is 111 Å². The number of hydrogen-bond donors (Lipinski definition) is 1. The maximum atomic E-state index is 13.6. The van der Waals surface area contributed by atoms with Gasteiger partial charge in [0.25, 0.3) is 0 Å². The quantitative estimate of drug-likeness (QED) is 0.821. The van der Waals surface area contributed by atoms with Crippen LogP contribution in [0.1, 0.15) is 11.1 Å². The fraction of sp³-hybridized carbons (Fsp3) is 0.125. The van der Waals surface area contributed by atoms with Crippen molar-refractivity contribution in [2.24, 2.45) is 0 Å². The number of allylic oxidation sites excluding steroid dienone is 1. The molecule has 0 fully saturated rings. The van der Waals surface area contributed by atoms with E-state index in [2.05, 4.69) is 0 Å². The van der Waals surface area contributed by atoms with Crippen molar-refractivity contribution in [1.29, 1.82) is 0 Å². The van der Waals surface area contributed by atoms with Crippen molar-refractivity contribution in [1.82, 2.24) is 0 Å². The molecule has 0 radical (unpaired) electrons. The molecule has 0 heterocycles. The van der Waals surface area contributed by atoms with Crippen molar-refractivity contribution in [3.63, 3.8) is 0 Å². The SMILES string of the molecule is O/C=C/Cc1ccc(F)c(OCc2ccccc2)c1. The number of aliphatic hydroxyl groups is 1. The predicted molar refractivity (Wildman–Crippen MR) is 72.6 cm³/mol. The summed E-state index contributed by atoms with van der Waals surface area (Å²) in [5.41, 5.74) is 1.87. The molecule has 0 spiro atoms. The molecule has 0 saturated carbocycles. The van der Waals surface area contributed by atoms with Crippen LogP contribution in [0.5, 0.6) is 5.75 Å². The zero-order chi connectivity index (χ0) is 13.5. The fourth-order valence-electron chi connectivity index (χ4n) is 1.71. The molecular weight excluding hydrogens is 243 g/mol. The molecule has 0 aliphatic heterocycles. The summed E-state index contributed by atoms with van der Waals surface area (Å²) in [6.45, 7) is 0.330. The van der Waals surface area contributed by atoms with Gasteiger partial charge in [-0.1, -0.05) is 36.4 Å². The molecule has 0 atom stereocenters. The highest BCUT2D eigenvalue weighted by molar-refractivity contribution is 5.31. The Bertz CT molecular complexity index is 550. The number of ether oxygens (including phenoxy) is 1. The minimum Gasteiger partial charge on any atom is -0.516 e. The molecule has 3 heteroatoms. The van der Waals surface area contributed by atoms with E-state index in [1.807, 2.05) is 30.3 Å². The zero-order valence-electron chi connectivity index (χ0n) is 10.4. The molecule has 0 bridgehead atoms. The number of benzene rings is 2. The number of rotatable bonds is 5. The van der Waals surface area contributed by atoms with Gasteiger partial charge in [0.15, 0.2) is 11.6 Å². The van der Waals surface area contributed by atoms with Crippen LogP contribution in [-0.4, -0.2) is 5.11 Å². The van der Waals surface area contributed by atoms with Gasteiger partial charge in [0, 0.05) is 0 Å². The number of hydrogen-bond acceptors (Lipinski definition) is 2. The summed E-state index contributed by atoms with van der Waals surface area (Å²) in [6, 6.07) is 14.3. The molecule has 2 rings (SSSR count). The van der Waals surface area contributed by atoms with Gasteiger partial charge in [-0.3, -0.25) is 0 Å². The van der Waals surface area contributed by atoms with Gasteiger partial charge in [-0.2, -0.15) is 0 Å². The van der Waals surface area contributed by atoms with E-state index < -0.39 is 0 Å². The lowest BCUT2D eigenvalue weighted by Crippen LogP contribution is -1.98. The summed E-state index contributed by atoms with van der Waals surface area (Å²) in [5, 5.41) is 8.62. The normalized spacial score (nSPS) is 10.8. The van der Waals surface area contributed by atoms with Gasteiger partial charge in [0.05, 0.1) is 6.26 Å². The van der Waals surface area contributed by atoms with Crippen molar-refractivity contribution in [3.8, 4) is 5.75 Å². The average Bonchev–Trinajstić information content (AvgIpc) is 2.46. The Morgan fingerprint density at radius 3 is 2.58 bits per heavy atom. The number of aliphatic hydroxyl groups excluding tert-OH is 1. The first-order chi connectivity index (χ1) is 9.29. The first kappa shape index (κ1) is 13.1. The predicted octanol–water partition coefficient (Wildman–Crippen LogP) is 4.02. The second kappa shape index (κ2) is 6.59. The highest BCUT2D eigenvalue weighted by atomic mass is 19.1. The van der Waals surface area contributed by atoms with E-state index in [1.165, 1.54) is 6.07 Å². The molecule has 0 unspecified atom stereocenters. The van der Waals surface area contributed by atoms with Crippen molar-refractivity contribution in [2.75, 3.05) is 0 Å². The fourth-order valence-corrected chi connectivity index (χ4v) is 1.71. The lowest BCUT2D eigenvalue weighted by atomic mass is 10.1. The van der Waals surface area contributed by atoms with Crippen LogP contribution in [0.4, 0.5) is 4.39 Å². The highest BCUT2D eigenvalue weighted by Gasteiger charge is 2.04. The first-order valence-corrected chi connectivity index (χ1v) is 6.04. The Balaban J connectivity index is 2.06. The molecular formula is C16H15FO2. The van der Waals surface area contributed by atoms with Crippen LogP contribution in [0.25, 0.3) is 0 Å². The Kier molecular flexibility index (Phi) is 4.56. The molecule has 1 N–H and O–H groups in total. The van der Waals surface area contributed by atoms with Crippen LogP contribution in [0.2, 0.25) is 0 Å². The summed E-state index contributed by atoms with van der Waals surface area (Å²) in [4.78, 5) is 0. The molecule has 98 valence electrons. The van der Waals surface area contributed by atoms with Gasteiger partial charge in [-0.05, 0) is 35.8 Å². The van der Waals surface area contributed by atoms with Crippen LogP contribution >= 0.6 is 0 Å². The van der Waals surface area contributed by atoms with Crippen LogP contribution in [0.3, 0.4) is 0 Å². The Morgan fingerprint density at radius 2 is 1.84 bits per heavy atom. The molecule has 0 aromatic heterocycles. The maximum Gasteiger partial charge on any atom is 0.165 e. The smallest absolute Gasteiger partial charge is 0.165 e. The molecule has 0 saturated heterocycles. The van der Waals surface area contributed by atoms with Crippen molar-refractivity contribution >= 4 is 0 Å². The van der Waals surface area contributed by atoms with Crippen molar-refractivity contribution in [3.05, 3.63) is 77.8 Å². The molecule has 19 heavy (non-hydrogen) atoms. The van der Waals surface area contributed by atoms with E-state index in [-0.39, 0.29) is 11.6 Å². The van der Waals surface area contributed by atoms with E-state index in [9.17, 15) is 4.39 Å². The average molecular weight is 258 g/mol. The van der Waals surface area contributed by atoms with Crippen molar-refractivity contribution in [2.45, 2.75) is 13.0 Å². The Morgan fingerprint density at radius 1 is 1.05 bits per heavy atom. The topological polar surface area (TPSA) is 29.5 Å². The lowest BCUT2D eigenvalue weighted by Gasteiger charge is -2.08. The van der Waals surface area contributed by atoms with E-state index >= 15 is 0 Å². The standard InChI is InChI=1S/C16H15FO2/c17-15-9-8-13(7-4-10-18)11-16(15)19-12-14-5-2-1-3-6-14/h1-6,8-11,18H,7,12H2/b10-4+. The lowest BCUT2D eigenvalue weighted by molar-refractivity contribution is 0.290. The van der Waals surface area contributed by atoms with E-state index in [0.29, 0.717) is 13.0 Å². The van der Waals surface area contributed by atoms with Gasteiger partial charge in [-0.25, -0.2) is 4.39 Å². The number of halogens is 1. The summed E-state index contributed by atoms with van der Waals surface area (Å²) in [6.07, 6.45) is 3.11. The largest absolute Gasteiger partial charge is 0.516 e. The van der Waals surface area contributed by atoms with Crippen LogP contribution in [0.15, 0.2) is 60.9 Å².